The maximum Gasteiger partial charge on any atom is 0.123 e. The van der Waals surface area contributed by atoms with Crippen molar-refractivity contribution in [1.82, 2.24) is 10.2 Å². The summed E-state index contributed by atoms with van der Waals surface area (Å²) < 4.78 is 13.6. The largest absolute Gasteiger partial charge is 0.396 e. The van der Waals surface area contributed by atoms with Gasteiger partial charge in [0.15, 0.2) is 0 Å². The highest BCUT2D eigenvalue weighted by atomic mass is 35.5. The van der Waals surface area contributed by atoms with E-state index in [2.05, 4.69) is 10.2 Å². The molecule has 0 spiro atoms. The van der Waals surface area contributed by atoms with Crippen LogP contribution in [0.1, 0.15) is 25.5 Å². The van der Waals surface area contributed by atoms with E-state index in [0.717, 1.165) is 31.7 Å². The number of aliphatic hydroxyl groups excluding tert-OH is 1. The van der Waals surface area contributed by atoms with E-state index in [1.54, 1.807) is 6.07 Å². The Morgan fingerprint density at radius 1 is 1.40 bits per heavy atom. The van der Waals surface area contributed by atoms with Gasteiger partial charge in [0, 0.05) is 49.3 Å². The summed E-state index contributed by atoms with van der Waals surface area (Å²) in [4.78, 5) is 2.27. The number of rotatable bonds is 4. The molecule has 0 saturated carbocycles. The fourth-order valence-electron chi connectivity index (χ4n) is 2.86. The monoisotopic (exact) mass is 300 g/mol. The highest BCUT2D eigenvalue weighted by Crippen LogP contribution is 2.41. The smallest absolute Gasteiger partial charge is 0.123 e. The van der Waals surface area contributed by atoms with E-state index in [0.29, 0.717) is 5.02 Å². The van der Waals surface area contributed by atoms with Gasteiger partial charge >= 0.3 is 0 Å². The molecule has 0 radical (unpaired) electrons. The van der Waals surface area contributed by atoms with Crippen molar-refractivity contribution in [3.05, 3.63) is 34.6 Å². The molecule has 1 aromatic carbocycles. The molecule has 1 saturated heterocycles. The number of halogens is 2. The summed E-state index contributed by atoms with van der Waals surface area (Å²) in [6.45, 7) is 7.51. The molecule has 0 amide bonds. The van der Waals surface area contributed by atoms with Gasteiger partial charge in [0.1, 0.15) is 5.82 Å². The molecule has 112 valence electrons. The number of hydrogen-bond acceptors (Lipinski definition) is 3. The first-order chi connectivity index (χ1) is 9.45. The number of hydrogen-bond donors (Lipinski definition) is 2. The molecule has 0 aliphatic carbocycles. The van der Waals surface area contributed by atoms with Crippen LogP contribution in [0.3, 0.4) is 0 Å². The number of nitrogens with zero attached hydrogens (tertiary/aromatic N) is 1. The first kappa shape index (κ1) is 15.7. The number of aliphatic hydroxyl groups is 1. The van der Waals surface area contributed by atoms with E-state index >= 15 is 0 Å². The van der Waals surface area contributed by atoms with Crippen molar-refractivity contribution in [3.8, 4) is 0 Å². The van der Waals surface area contributed by atoms with Gasteiger partial charge in [-0.25, -0.2) is 4.39 Å². The average molecular weight is 301 g/mol. The van der Waals surface area contributed by atoms with E-state index in [1.807, 2.05) is 13.8 Å². The molecule has 1 heterocycles. The highest BCUT2D eigenvalue weighted by molar-refractivity contribution is 6.31. The molecule has 1 aliphatic heterocycles. The molecule has 2 rings (SSSR count). The third kappa shape index (κ3) is 3.31. The van der Waals surface area contributed by atoms with Gasteiger partial charge in [-0.3, -0.25) is 4.90 Å². The molecular weight excluding hydrogens is 279 g/mol. The van der Waals surface area contributed by atoms with E-state index < -0.39 is 5.41 Å². The molecule has 1 fully saturated rings. The van der Waals surface area contributed by atoms with Gasteiger partial charge in [0.2, 0.25) is 0 Å². The van der Waals surface area contributed by atoms with Crippen molar-refractivity contribution in [2.75, 3.05) is 32.8 Å². The number of nitrogens with one attached hydrogen (secondary N) is 1. The topological polar surface area (TPSA) is 35.5 Å². The van der Waals surface area contributed by atoms with Gasteiger partial charge in [-0.1, -0.05) is 25.4 Å². The fraction of sp³-hybridized carbons (Fsp3) is 0.600. The van der Waals surface area contributed by atoms with Crippen LogP contribution in [-0.4, -0.2) is 42.8 Å². The van der Waals surface area contributed by atoms with Crippen LogP contribution in [-0.2, 0) is 0 Å². The zero-order valence-electron chi connectivity index (χ0n) is 12.0. The molecule has 0 unspecified atom stereocenters. The second-order valence-electron chi connectivity index (χ2n) is 6.00. The summed E-state index contributed by atoms with van der Waals surface area (Å²) in [5.74, 6) is -0.293. The summed E-state index contributed by atoms with van der Waals surface area (Å²) in [7, 11) is 0. The van der Waals surface area contributed by atoms with Gasteiger partial charge in [0.05, 0.1) is 0 Å². The molecule has 20 heavy (non-hydrogen) atoms. The van der Waals surface area contributed by atoms with Crippen molar-refractivity contribution in [3.63, 3.8) is 0 Å². The molecule has 1 aliphatic rings. The molecule has 3 nitrogen and oxygen atoms in total. The summed E-state index contributed by atoms with van der Waals surface area (Å²) in [6.07, 6.45) is 0. The lowest BCUT2D eigenvalue weighted by molar-refractivity contribution is 0.0304. The van der Waals surface area contributed by atoms with Crippen molar-refractivity contribution in [2.24, 2.45) is 5.41 Å². The quantitative estimate of drug-likeness (QED) is 0.896. The maximum atomic E-state index is 13.6. The SMILES string of the molecule is CC(C)(CO)[C@H](c1cc(F)ccc1Cl)N1CCNCC1. The molecule has 1 atom stereocenters. The van der Waals surface area contributed by atoms with Gasteiger partial charge in [-0.2, -0.15) is 0 Å². The third-order valence-electron chi connectivity index (χ3n) is 3.92. The number of piperazine rings is 1. The highest BCUT2D eigenvalue weighted by Gasteiger charge is 2.36. The molecule has 0 aromatic heterocycles. The van der Waals surface area contributed by atoms with Gasteiger partial charge in [-0.05, 0) is 23.8 Å². The predicted molar refractivity (Wildman–Crippen MR) is 79.5 cm³/mol. The zero-order chi connectivity index (χ0) is 14.8. The fourth-order valence-corrected chi connectivity index (χ4v) is 3.08. The maximum absolute atomic E-state index is 13.6. The summed E-state index contributed by atoms with van der Waals surface area (Å²) >= 11 is 6.28. The Bertz CT molecular complexity index is 461. The second kappa shape index (κ2) is 6.39. The normalized spacial score (nSPS) is 19.1. The standard InChI is InChI=1S/C15H22ClFN2O/c1-15(2,10-20)14(19-7-5-18-6-8-19)12-9-11(17)3-4-13(12)16/h3-4,9,14,18,20H,5-8,10H2,1-2H3/t14-/m0/s1. The zero-order valence-corrected chi connectivity index (χ0v) is 12.8. The van der Waals surface area contributed by atoms with Crippen LogP contribution < -0.4 is 5.32 Å². The van der Waals surface area contributed by atoms with Crippen molar-refractivity contribution in [1.29, 1.82) is 0 Å². The van der Waals surface area contributed by atoms with E-state index in [9.17, 15) is 9.50 Å². The van der Waals surface area contributed by atoms with Crippen LogP contribution in [0.25, 0.3) is 0 Å². The average Bonchev–Trinajstić information content (AvgIpc) is 2.44. The lowest BCUT2D eigenvalue weighted by atomic mass is 9.79. The summed E-state index contributed by atoms with van der Waals surface area (Å²) in [5, 5.41) is 13.6. The van der Waals surface area contributed by atoms with Gasteiger partial charge < -0.3 is 10.4 Å². The molecule has 1 aromatic rings. The summed E-state index contributed by atoms with van der Waals surface area (Å²) in [6, 6.07) is 4.35. The van der Waals surface area contributed by atoms with Gasteiger partial charge in [0.25, 0.3) is 0 Å². The van der Waals surface area contributed by atoms with Crippen LogP contribution in [0.15, 0.2) is 18.2 Å². The lowest BCUT2D eigenvalue weighted by Crippen LogP contribution is -2.49. The van der Waals surface area contributed by atoms with Crippen LogP contribution in [0, 0.1) is 11.2 Å². The Balaban J connectivity index is 2.42. The first-order valence-electron chi connectivity index (χ1n) is 6.96. The van der Waals surface area contributed by atoms with Crippen LogP contribution in [0.4, 0.5) is 4.39 Å². The van der Waals surface area contributed by atoms with Crippen molar-refractivity contribution in [2.45, 2.75) is 19.9 Å². The van der Waals surface area contributed by atoms with E-state index in [-0.39, 0.29) is 18.5 Å². The Kier molecular flexibility index (Phi) is 5.02. The van der Waals surface area contributed by atoms with E-state index in [4.69, 9.17) is 11.6 Å². The van der Waals surface area contributed by atoms with Crippen LogP contribution >= 0.6 is 11.6 Å². The minimum atomic E-state index is -0.394. The second-order valence-corrected chi connectivity index (χ2v) is 6.41. The minimum absolute atomic E-state index is 0.0223. The molecular formula is C15H22ClFN2O. The van der Waals surface area contributed by atoms with Crippen molar-refractivity contribution < 1.29 is 9.50 Å². The predicted octanol–water partition coefficient (Wildman–Crippen LogP) is 2.44. The Labute approximate surface area is 124 Å². The number of benzene rings is 1. The molecule has 5 heteroatoms. The Morgan fingerprint density at radius 3 is 2.65 bits per heavy atom. The third-order valence-corrected chi connectivity index (χ3v) is 4.26. The molecule has 0 bridgehead atoms. The molecule has 2 N–H and O–H groups in total. The van der Waals surface area contributed by atoms with E-state index in [1.165, 1.54) is 12.1 Å². The summed E-state index contributed by atoms with van der Waals surface area (Å²) in [5.41, 5.74) is 0.363. The first-order valence-corrected chi connectivity index (χ1v) is 7.34. The van der Waals surface area contributed by atoms with Gasteiger partial charge in [-0.15, -0.1) is 0 Å². The van der Waals surface area contributed by atoms with Crippen LogP contribution in [0.5, 0.6) is 0 Å². The van der Waals surface area contributed by atoms with Crippen molar-refractivity contribution >= 4 is 11.6 Å². The Hall–Kier alpha value is -0.680. The Morgan fingerprint density at radius 2 is 2.05 bits per heavy atom. The van der Waals surface area contributed by atoms with Crippen LogP contribution in [0.2, 0.25) is 5.02 Å². The minimum Gasteiger partial charge on any atom is -0.396 e. The lowest BCUT2D eigenvalue weighted by Gasteiger charge is -2.43.